The first kappa shape index (κ1) is 13.2. The van der Waals surface area contributed by atoms with Crippen LogP contribution in [0.5, 0.6) is 0 Å². The number of nitrogens with one attached hydrogen (secondary N) is 1. The Morgan fingerprint density at radius 1 is 1.15 bits per heavy atom. The lowest BCUT2D eigenvalue weighted by Crippen LogP contribution is -2.45. The number of hydrogen-bond donors (Lipinski definition) is 2. The summed E-state index contributed by atoms with van der Waals surface area (Å²) in [5, 5.41) is 0. The Kier molecular flexibility index (Phi) is 3.51. The molecule has 0 saturated carbocycles. The molecule has 3 rings (SSSR count). The van der Waals surface area contributed by atoms with Gasteiger partial charge in [0.1, 0.15) is 0 Å². The molecule has 104 valence electrons. The predicted octanol–water partition coefficient (Wildman–Crippen LogP) is 2.68. The lowest BCUT2D eigenvalue weighted by Gasteiger charge is -2.36. The van der Waals surface area contributed by atoms with E-state index in [-0.39, 0.29) is 12.0 Å². The van der Waals surface area contributed by atoms with E-state index in [1.165, 1.54) is 17.2 Å². The molecule has 0 bridgehead atoms. The highest BCUT2D eigenvalue weighted by atomic mass is 19.2. The van der Waals surface area contributed by atoms with Crippen LogP contribution in [-0.2, 0) is 12.8 Å². The third kappa shape index (κ3) is 2.21. The number of rotatable bonds is 4. The second-order valence-corrected chi connectivity index (χ2v) is 5.20. The molecule has 0 fully saturated rings. The van der Waals surface area contributed by atoms with Crippen LogP contribution in [-0.4, -0.2) is 6.04 Å². The summed E-state index contributed by atoms with van der Waals surface area (Å²) in [6.45, 7) is 0. The highest BCUT2D eigenvalue weighted by Gasteiger charge is 2.32. The Balaban J connectivity index is 1.81. The van der Waals surface area contributed by atoms with E-state index >= 15 is 0 Å². The monoisotopic (exact) mass is 274 g/mol. The molecule has 20 heavy (non-hydrogen) atoms. The minimum absolute atomic E-state index is 0.0961. The Morgan fingerprint density at radius 2 is 1.95 bits per heavy atom. The SMILES string of the molecule is NNC(Cc1cccc(F)c1F)C1Cc2ccccc21. The van der Waals surface area contributed by atoms with Crippen molar-refractivity contribution in [2.75, 3.05) is 0 Å². The van der Waals surface area contributed by atoms with Crippen molar-refractivity contribution in [1.29, 1.82) is 0 Å². The topological polar surface area (TPSA) is 38.0 Å². The Hall–Kier alpha value is -1.78. The zero-order valence-corrected chi connectivity index (χ0v) is 10.9. The molecule has 0 aliphatic heterocycles. The van der Waals surface area contributed by atoms with Gasteiger partial charge in [-0.2, -0.15) is 0 Å². The molecule has 0 spiro atoms. The summed E-state index contributed by atoms with van der Waals surface area (Å²) in [6, 6.07) is 12.3. The van der Waals surface area contributed by atoms with E-state index < -0.39 is 11.6 Å². The second kappa shape index (κ2) is 5.31. The fourth-order valence-corrected chi connectivity index (χ4v) is 2.92. The van der Waals surface area contributed by atoms with Crippen LogP contribution in [0.3, 0.4) is 0 Å². The summed E-state index contributed by atoms with van der Waals surface area (Å²) >= 11 is 0. The van der Waals surface area contributed by atoms with Crippen molar-refractivity contribution >= 4 is 0 Å². The van der Waals surface area contributed by atoms with E-state index in [9.17, 15) is 8.78 Å². The maximum atomic E-state index is 13.7. The fourth-order valence-electron chi connectivity index (χ4n) is 2.92. The van der Waals surface area contributed by atoms with Gasteiger partial charge in [0.2, 0.25) is 0 Å². The predicted molar refractivity (Wildman–Crippen MR) is 74.1 cm³/mol. The quantitative estimate of drug-likeness (QED) is 0.664. The maximum Gasteiger partial charge on any atom is 0.162 e. The van der Waals surface area contributed by atoms with Crippen LogP contribution in [0, 0.1) is 11.6 Å². The first-order valence-corrected chi connectivity index (χ1v) is 6.67. The van der Waals surface area contributed by atoms with E-state index in [4.69, 9.17) is 5.84 Å². The Bertz CT molecular complexity index is 628. The smallest absolute Gasteiger partial charge is 0.162 e. The lowest BCUT2D eigenvalue weighted by molar-refractivity contribution is 0.395. The van der Waals surface area contributed by atoms with E-state index in [2.05, 4.69) is 17.6 Å². The summed E-state index contributed by atoms with van der Waals surface area (Å²) in [7, 11) is 0. The van der Waals surface area contributed by atoms with Crippen LogP contribution in [0.1, 0.15) is 22.6 Å². The van der Waals surface area contributed by atoms with Crippen LogP contribution in [0.2, 0.25) is 0 Å². The molecule has 4 heteroatoms. The van der Waals surface area contributed by atoms with Gasteiger partial charge >= 0.3 is 0 Å². The van der Waals surface area contributed by atoms with Gasteiger partial charge < -0.3 is 0 Å². The van der Waals surface area contributed by atoms with E-state index in [1.807, 2.05) is 12.1 Å². The summed E-state index contributed by atoms with van der Waals surface area (Å²) in [6.07, 6.45) is 1.29. The Morgan fingerprint density at radius 3 is 2.70 bits per heavy atom. The molecule has 2 atom stereocenters. The van der Waals surface area contributed by atoms with Crippen molar-refractivity contribution < 1.29 is 8.78 Å². The molecule has 1 aliphatic rings. The van der Waals surface area contributed by atoms with Gasteiger partial charge in [-0.1, -0.05) is 36.4 Å². The third-order valence-corrected chi connectivity index (χ3v) is 4.07. The van der Waals surface area contributed by atoms with Gasteiger partial charge in [0.05, 0.1) is 0 Å². The first-order chi connectivity index (χ1) is 9.70. The van der Waals surface area contributed by atoms with Crippen molar-refractivity contribution in [3.63, 3.8) is 0 Å². The van der Waals surface area contributed by atoms with Gasteiger partial charge in [0, 0.05) is 12.0 Å². The molecular weight excluding hydrogens is 258 g/mol. The minimum Gasteiger partial charge on any atom is -0.271 e. The number of hydrazine groups is 1. The van der Waals surface area contributed by atoms with Gasteiger partial charge in [0.15, 0.2) is 11.6 Å². The normalized spacial score (nSPS) is 18.2. The van der Waals surface area contributed by atoms with Crippen molar-refractivity contribution in [1.82, 2.24) is 5.43 Å². The lowest BCUT2D eigenvalue weighted by atomic mass is 9.72. The van der Waals surface area contributed by atoms with Gasteiger partial charge in [0.25, 0.3) is 0 Å². The summed E-state index contributed by atoms with van der Waals surface area (Å²) in [5.41, 5.74) is 5.66. The zero-order chi connectivity index (χ0) is 14.1. The van der Waals surface area contributed by atoms with E-state index in [1.54, 1.807) is 6.07 Å². The largest absolute Gasteiger partial charge is 0.271 e. The highest BCUT2D eigenvalue weighted by Crippen LogP contribution is 2.38. The van der Waals surface area contributed by atoms with Gasteiger partial charge in [-0.05, 0) is 35.6 Å². The van der Waals surface area contributed by atoms with E-state index in [0.29, 0.717) is 12.0 Å². The zero-order valence-electron chi connectivity index (χ0n) is 10.9. The first-order valence-electron chi connectivity index (χ1n) is 6.67. The second-order valence-electron chi connectivity index (χ2n) is 5.20. The number of halogens is 2. The van der Waals surface area contributed by atoms with Crippen molar-refractivity contribution in [2.45, 2.75) is 24.8 Å². The molecule has 0 radical (unpaired) electrons. The fraction of sp³-hybridized carbons (Fsp3) is 0.250. The number of fused-ring (bicyclic) bond motifs is 1. The van der Waals surface area contributed by atoms with Crippen molar-refractivity contribution in [3.8, 4) is 0 Å². The van der Waals surface area contributed by atoms with Crippen molar-refractivity contribution in [3.05, 3.63) is 70.8 Å². The molecule has 0 aromatic heterocycles. The van der Waals surface area contributed by atoms with Crippen LogP contribution in [0.15, 0.2) is 42.5 Å². The van der Waals surface area contributed by atoms with Crippen LogP contribution in [0.4, 0.5) is 8.78 Å². The summed E-state index contributed by atoms with van der Waals surface area (Å²) in [4.78, 5) is 0. The average Bonchev–Trinajstić information content (AvgIpc) is 2.43. The molecule has 2 aromatic carbocycles. The number of benzene rings is 2. The minimum atomic E-state index is -0.813. The molecular formula is C16H16F2N2. The van der Waals surface area contributed by atoms with E-state index in [0.717, 1.165) is 12.5 Å². The maximum absolute atomic E-state index is 13.7. The van der Waals surface area contributed by atoms with Crippen LogP contribution < -0.4 is 11.3 Å². The molecule has 0 heterocycles. The molecule has 3 N–H and O–H groups in total. The molecule has 0 amide bonds. The Labute approximate surface area is 116 Å². The molecule has 2 unspecified atom stereocenters. The summed E-state index contributed by atoms with van der Waals surface area (Å²) in [5.74, 6) is 4.27. The van der Waals surface area contributed by atoms with Crippen molar-refractivity contribution in [2.24, 2.45) is 5.84 Å². The molecule has 2 nitrogen and oxygen atoms in total. The van der Waals surface area contributed by atoms with Gasteiger partial charge in [-0.25, -0.2) is 8.78 Å². The number of hydrogen-bond acceptors (Lipinski definition) is 2. The molecule has 2 aromatic rings. The standard InChI is InChI=1S/C16H16F2N2/c17-14-7-3-5-11(16(14)18)9-15(20-19)13-8-10-4-1-2-6-12(10)13/h1-7,13,15,20H,8-9,19H2. The summed E-state index contributed by atoms with van der Waals surface area (Å²) < 4.78 is 27.0. The third-order valence-electron chi connectivity index (χ3n) is 4.07. The van der Waals surface area contributed by atoms with Crippen LogP contribution in [0.25, 0.3) is 0 Å². The average molecular weight is 274 g/mol. The highest BCUT2D eigenvalue weighted by molar-refractivity contribution is 5.41. The van der Waals surface area contributed by atoms with Gasteiger partial charge in [-0.15, -0.1) is 0 Å². The number of nitrogens with two attached hydrogens (primary N) is 1. The molecule has 0 saturated heterocycles. The van der Waals surface area contributed by atoms with Crippen LogP contribution >= 0.6 is 0 Å². The molecule has 1 aliphatic carbocycles. The van der Waals surface area contributed by atoms with Gasteiger partial charge in [-0.3, -0.25) is 11.3 Å².